The third-order valence-corrected chi connectivity index (χ3v) is 2.60. The summed E-state index contributed by atoms with van der Waals surface area (Å²) in [4.78, 5) is 3.92. The highest BCUT2D eigenvalue weighted by atomic mass is 35.5. The van der Waals surface area contributed by atoms with Crippen LogP contribution in [0.4, 0.5) is 4.39 Å². The number of pyridine rings is 1. The molecule has 0 saturated heterocycles. The van der Waals surface area contributed by atoms with Crippen molar-refractivity contribution >= 4 is 11.6 Å². The zero-order valence-electron chi connectivity index (χ0n) is 8.56. The Hall–Kier alpha value is -1.46. The van der Waals surface area contributed by atoms with Crippen LogP contribution in [0.3, 0.4) is 0 Å². The van der Waals surface area contributed by atoms with Gasteiger partial charge >= 0.3 is 0 Å². The zero-order chi connectivity index (χ0) is 11.7. The lowest BCUT2D eigenvalue weighted by Gasteiger charge is -2.12. The number of rotatable bonds is 2. The Morgan fingerprint density at radius 2 is 2.31 bits per heavy atom. The molecule has 0 aliphatic carbocycles. The Balaban J connectivity index is 2.47. The normalized spacial score (nSPS) is 12.8. The van der Waals surface area contributed by atoms with E-state index in [2.05, 4.69) is 10.1 Å². The van der Waals surface area contributed by atoms with Gasteiger partial charge in [-0.05, 0) is 12.1 Å². The molecular weight excluding hydrogens is 231 g/mol. The highest BCUT2D eigenvalue weighted by molar-refractivity contribution is 6.31. The van der Waals surface area contributed by atoms with Crippen molar-refractivity contribution in [3.63, 3.8) is 0 Å². The van der Waals surface area contributed by atoms with Crippen LogP contribution in [-0.4, -0.2) is 14.8 Å². The number of aryl methyl sites for hydroxylation is 1. The topological polar surface area (TPSA) is 56.7 Å². The van der Waals surface area contributed by atoms with Crippen LogP contribution in [0.2, 0.25) is 5.02 Å². The van der Waals surface area contributed by atoms with Crippen molar-refractivity contribution in [2.75, 3.05) is 0 Å². The lowest BCUT2D eigenvalue weighted by molar-refractivity contribution is 0.572. The van der Waals surface area contributed by atoms with Gasteiger partial charge in [0.15, 0.2) is 0 Å². The lowest BCUT2D eigenvalue weighted by Crippen LogP contribution is -2.19. The van der Waals surface area contributed by atoms with Gasteiger partial charge in [0.1, 0.15) is 5.82 Å². The van der Waals surface area contributed by atoms with Crippen LogP contribution >= 0.6 is 11.6 Å². The Kier molecular flexibility index (Phi) is 2.89. The van der Waals surface area contributed by atoms with Gasteiger partial charge in [0.25, 0.3) is 0 Å². The first-order valence-electron chi connectivity index (χ1n) is 4.64. The molecular formula is C10H10ClFN4. The molecule has 0 saturated carbocycles. The van der Waals surface area contributed by atoms with Crippen molar-refractivity contribution in [2.24, 2.45) is 12.8 Å². The number of nitrogens with two attached hydrogens (primary N) is 1. The first kappa shape index (κ1) is 11.0. The third-order valence-electron chi connectivity index (χ3n) is 2.31. The molecule has 4 nitrogen and oxygen atoms in total. The molecule has 2 rings (SSSR count). The molecule has 2 aromatic heterocycles. The molecule has 0 amide bonds. The highest BCUT2D eigenvalue weighted by Gasteiger charge is 2.20. The SMILES string of the molecule is Cn1ncc(Cl)c1C(N)c1ncccc1F. The van der Waals surface area contributed by atoms with E-state index in [-0.39, 0.29) is 5.69 Å². The second kappa shape index (κ2) is 4.19. The van der Waals surface area contributed by atoms with Crippen LogP contribution in [0.15, 0.2) is 24.5 Å². The summed E-state index contributed by atoms with van der Waals surface area (Å²) in [5, 5.41) is 4.35. The van der Waals surface area contributed by atoms with Crippen LogP contribution in [-0.2, 0) is 7.05 Å². The summed E-state index contributed by atoms with van der Waals surface area (Å²) in [5.41, 5.74) is 6.62. The minimum Gasteiger partial charge on any atom is -0.318 e. The van der Waals surface area contributed by atoms with Crippen LogP contribution in [0.1, 0.15) is 17.4 Å². The van der Waals surface area contributed by atoms with Crippen LogP contribution in [0, 0.1) is 5.82 Å². The second-order valence-corrected chi connectivity index (χ2v) is 3.76. The standard InChI is InChI=1S/C10H10ClFN4/c1-16-10(6(11)5-15-16)8(13)9-7(12)3-2-4-14-9/h2-5,8H,13H2,1H3. The Bertz CT molecular complexity index is 492. The maximum Gasteiger partial charge on any atom is 0.146 e. The smallest absolute Gasteiger partial charge is 0.146 e. The number of hydrogen-bond acceptors (Lipinski definition) is 3. The molecule has 1 atom stereocenters. The maximum atomic E-state index is 13.5. The van der Waals surface area contributed by atoms with E-state index in [0.29, 0.717) is 10.7 Å². The number of aromatic nitrogens is 3. The monoisotopic (exact) mass is 240 g/mol. The first-order chi connectivity index (χ1) is 7.61. The summed E-state index contributed by atoms with van der Waals surface area (Å²) in [7, 11) is 1.70. The van der Waals surface area contributed by atoms with Gasteiger partial charge in [-0.15, -0.1) is 0 Å². The first-order valence-corrected chi connectivity index (χ1v) is 5.02. The van der Waals surface area contributed by atoms with Gasteiger partial charge in [0, 0.05) is 13.2 Å². The van der Waals surface area contributed by atoms with E-state index in [1.165, 1.54) is 29.2 Å². The van der Waals surface area contributed by atoms with E-state index in [9.17, 15) is 4.39 Å². The van der Waals surface area contributed by atoms with Crippen molar-refractivity contribution in [1.82, 2.24) is 14.8 Å². The molecule has 0 bridgehead atoms. The average Bonchev–Trinajstić information content (AvgIpc) is 2.58. The summed E-state index contributed by atoms with van der Waals surface area (Å²) in [6.45, 7) is 0. The molecule has 0 radical (unpaired) electrons. The maximum absolute atomic E-state index is 13.5. The fraction of sp³-hybridized carbons (Fsp3) is 0.200. The van der Waals surface area contributed by atoms with E-state index in [1.54, 1.807) is 7.05 Å². The summed E-state index contributed by atoms with van der Waals surface area (Å²) in [6, 6.07) is 2.10. The molecule has 16 heavy (non-hydrogen) atoms. The molecule has 2 N–H and O–H groups in total. The minimum atomic E-state index is -0.721. The summed E-state index contributed by atoms with van der Waals surface area (Å²) < 4.78 is 15.0. The summed E-state index contributed by atoms with van der Waals surface area (Å²) in [5.74, 6) is -0.452. The van der Waals surface area contributed by atoms with E-state index in [4.69, 9.17) is 17.3 Å². The molecule has 0 spiro atoms. The van der Waals surface area contributed by atoms with Crippen molar-refractivity contribution in [3.05, 3.63) is 46.8 Å². The van der Waals surface area contributed by atoms with Gasteiger partial charge in [0.2, 0.25) is 0 Å². The third kappa shape index (κ3) is 1.79. The van der Waals surface area contributed by atoms with Crippen molar-refractivity contribution in [3.8, 4) is 0 Å². The Labute approximate surface area is 96.9 Å². The number of halogens is 2. The summed E-state index contributed by atoms with van der Waals surface area (Å²) in [6.07, 6.45) is 2.96. The molecule has 6 heteroatoms. The van der Waals surface area contributed by atoms with Gasteiger partial charge in [0.05, 0.1) is 28.6 Å². The van der Waals surface area contributed by atoms with Gasteiger partial charge < -0.3 is 5.73 Å². The predicted octanol–water partition coefficient (Wildman–Crippen LogP) is 1.66. The Morgan fingerprint density at radius 1 is 1.56 bits per heavy atom. The zero-order valence-corrected chi connectivity index (χ0v) is 9.32. The molecule has 2 aromatic rings. The van der Waals surface area contributed by atoms with Crippen LogP contribution < -0.4 is 5.73 Å². The van der Waals surface area contributed by atoms with Gasteiger partial charge in [-0.1, -0.05) is 11.6 Å². The molecule has 1 unspecified atom stereocenters. The molecule has 0 fully saturated rings. The quantitative estimate of drug-likeness (QED) is 0.869. The molecule has 0 aromatic carbocycles. The number of nitrogens with zero attached hydrogens (tertiary/aromatic N) is 3. The van der Waals surface area contributed by atoms with Crippen molar-refractivity contribution in [2.45, 2.75) is 6.04 Å². The molecule has 2 heterocycles. The second-order valence-electron chi connectivity index (χ2n) is 3.35. The van der Waals surface area contributed by atoms with E-state index >= 15 is 0 Å². The fourth-order valence-corrected chi connectivity index (χ4v) is 1.81. The Morgan fingerprint density at radius 3 is 2.88 bits per heavy atom. The largest absolute Gasteiger partial charge is 0.318 e. The fourth-order valence-electron chi connectivity index (χ4n) is 1.53. The highest BCUT2D eigenvalue weighted by Crippen LogP contribution is 2.25. The number of hydrogen-bond donors (Lipinski definition) is 1. The molecule has 0 aliphatic heterocycles. The van der Waals surface area contributed by atoms with E-state index < -0.39 is 11.9 Å². The van der Waals surface area contributed by atoms with Crippen LogP contribution in [0.5, 0.6) is 0 Å². The van der Waals surface area contributed by atoms with Crippen molar-refractivity contribution in [1.29, 1.82) is 0 Å². The summed E-state index contributed by atoms with van der Waals surface area (Å²) >= 11 is 5.93. The van der Waals surface area contributed by atoms with Gasteiger partial charge in [-0.25, -0.2) is 4.39 Å². The van der Waals surface area contributed by atoms with E-state index in [0.717, 1.165) is 0 Å². The van der Waals surface area contributed by atoms with Gasteiger partial charge in [-0.3, -0.25) is 9.67 Å². The van der Waals surface area contributed by atoms with E-state index in [1.807, 2.05) is 0 Å². The van der Waals surface area contributed by atoms with Gasteiger partial charge in [-0.2, -0.15) is 5.10 Å². The average molecular weight is 241 g/mol. The molecule has 0 aliphatic rings. The van der Waals surface area contributed by atoms with Crippen molar-refractivity contribution < 1.29 is 4.39 Å². The molecule has 84 valence electrons. The minimum absolute atomic E-state index is 0.160. The van der Waals surface area contributed by atoms with Crippen LogP contribution in [0.25, 0.3) is 0 Å². The lowest BCUT2D eigenvalue weighted by atomic mass is 10.1. The predicted molar refractivity (Wildman–Crippen MR) is 58.4 cm³/mol.